The van der Waals surface area contributed by atoms with Gasteiger partial charge in [0, 0.05) is 25.2 Å². The summed E-state index contributed by atoms with van der Waals surface area (Å²) in [7, 11) is 0. The number of carbonyl (C=O) groups is 1. The van der Waals surface area contributed by atoms with Gasteiger partial charge in [0.15, 0.2) is 0 Å². The molecular formula is C17H33N3O2. The third-order valence-corrected chi connectivity index (χ3v) is 4.63. The Kier molecular flexibility index (Phi) is 6.09. The maximum Gasteiger partial charge on any atom is 0.407 e. The monoisotopic (exact) mass is 311 g/mol. The molecule has 0 aromatic carbocycles. The number of nitrogens with one attached hydrogen (secondary N) is 2. The van der Waals surface area contributed by atoms with Crippen LogP contribution in [-0.4, -0.2) is 54.9 Å². The first-order valence-corrected chi connectivity index (χ1v) is 8.82. The molecule has 128 valence electrons. The highest BCUT2D eigenvalue weighted by Gasteiger charge is 2.34. The third kappa shape index (κ3) is 5.43. The fourth-order valence-electron chi connectivity index (χ4n) is 3.57. The molecule has 2 bridgehead atoms. The molecule has 0 aliphatic carbocycles. The van der Waals surface area contributed by atoms with Crippen molar-refractivity contribution < 1.29 is 9.53 Å². The Morgan fingerprint density at radius 2 is 2.00 bits per heavy atom. The van der Waals surface area contributed by atoms with E-state index in [2.05, 4.69) is 22.5 Å². The molecule has 3 fully saturated rings. The number of carbonyl (C=O) groups excluding carboxylic acids is 1. The van der Waals surface area contributed by atoms with Crippen LogP contribution in [0.5, 0.6) is 0 Å². The summed E-state index contributed by atoms with van der Waals surface area (Å²) in [6, 6.07) is 0.919. The molecular weight excluding hydrogens is 278 g/mol. The second-order valence-electron chi connectivity index (χ2n) is 7.78. The molecule has 3 heterocycles. The molecule has 3 rings (SSSR count). The average molecular weight is 311 g/mol. The summed E-state index contributed by atoms with van der Waals surface area (Å²) in [5.41, 5.74) is -0.437. The molecule has 1 amide bonds. The normalized spacial score (nSPS) is 29.2. The lowest BCUT2D eigenvalue weighted by Crippen LogP contribution is -2.59. The summed E-state index contributed by atoms with van der Waals surface area (Å²) >= 11 is 0. The van der Waals surface area contributed by atoms with Crippen LogP contribution >= 0.6 is 0 Å². The van der Waals surface area contributed by atoms with Gasteiger partial charge in [-0.05, 0) is 59.0 Å². The minimum absolute atomic E-state index is 0.315. The number of piperidine rings is 3. The van der Waals surface area contributed by atoms with Crippen molar-refractivity contribution in [3.8, 4) is 0 Å². The van der Waals surface area contributed by atoms with Gasteiger partial charge in [0.1, 0.15) is 5.60 Å². The van der Waals surface area contributed by atoms with E-state index in [0.29, 0.717) is 18.6 Å². The van der Waals surface area contributed by atoms with E-state index in [9.17, 15) is 4.79 Å². The highest BCUT2D eigenvalue weighted by molar-refractivity contribution is 5.67. The van der Waals surface area contributed by atoms with Gasteiger partial charge < -0.3 is 20.3 Å². The average Bonchev–Trinajstić information content (AvgIpc) is 2.44. The van der Waals surface area contributed by atoms with Gasteiger partial charge in [-0.1, -0.05) is 13.3 Å². The number of amides is 1. The third-order valence-electron chi connectivity index (χ3n) is 4.63. The predicted octanol–water partition coefficient (Wildman–Crippen LogP) is 2.36. The summed E-state index contributed by atoms with van der Waals surface area (Å²) in [4.78, 5) is 14.4. The first-order chi connectivity index (χ1) is 10.4. The van der Waals surface area contributed by atoms with E-state index in [1.807, 2.05) is 20.8 Å². The molecule has 2 atom stereocenters. The molecule has 3 aliphatic heterocycles. The van der Waals surface area contributed by atoms with Crippen LogP contribution in [0.4, 0.5) is 4.79 Å². The van der Waals surface area contributed by atoms with Gasteiger partial charge >= 0.3 is 6.09 Å². The zero-order chi connectivity index (χ0) is 16.2. The molecule has 22 heavy (non-hydrogen) atoms. The van der Waals surface area contributed by atoms with Crippen molar-refractivity contribution in [2.75, 3.05) is 26.2 Å². The minimum atomic E-state index is -0.437. The SMILES string of the molecule is CCCC(CNC(=O)OC(C)(C)C)NC1CN2CCC1CC2. The zero-order valence-electron chi connectivity index (χ0n) is 14.7. The maximum atomic E-state index is 11.8. The van der Waals surface area contributed by atoms with Gasteiger partial charge in [-0.25, -0.2) is 4.79 Å². The highest BCUT2D eigenvalue weighted by Crippen LogP contribution is 2.27. The van der Waals surface area contributed by atoms with Crippen LogP contribution in [0.3, 0.4) is 0 Å². The van der Waals surface area contributed by atoms with Crippen molar-refractivity contribution >= 4 is 6.09 Å². The molecule has 5 nitrogen and oxygen atoms in total. The van der Waals surface area contributed by atoms with E-state index in [0.717, 1.165) is 25.3 Å². The number of nitrogens with zero attached hydrogens (tertiary/aromatic N) is 1. The summed E-state index contributed by atoms with van der Waals surface area (Å²) < 4.78 is 5.32. The van der Waals surface area contributed by atoms with Crippen LogP contribution in [0.25, 0.3) is 0 Å². The largest absolute Gasteiger partial charge is 0.444 e. The molecule has 3 aliphatic rings. The standard InChI is InChI=1S/C17H33N3O2/c1-5-6-14(11-18-16(21)22-17(2,3)4)19-15-12-20-9-7-13(15)8-10-20/h13-15,19H,5-12H2,1-4H3,(H,18,21). The Morgan fingerprint density at radius 1 is 1.32 bits per heavy atom. The molecule has 2 unspecified atom stereocenters. The second kappa shape index (κ2) is 7.64. The first kappa shape index (κ1) is 17.5. The van der Waals surface area contributed by atoms with Gasteiger partial charge in [0.05, 0.1) is 0 Å². The fourth-order valence-corrected chi connectivity index (χ4v) is 3.57. The van der Waals surface area contributed by atoms with Gasteiger partial charge in [-0.3, -0.25) is 0 Å². The Bertz CT molecular complexity index is 359. The Balaban J connectivity index is 1.78. The van der Waals surface area contributed by atoms with Crippen molar-refractivity contribution in [3.63, 3.8) is 0 Å². The van der Waals surface area contributed by atoms with Crippen molar-refractivity contribution in [1.82, 2.24) is 15.5 Å². The quantitative estimate of drug-likeness (QED) is 0.791. The highest BCUT2D eigenvalue weighted by atomic mass is 16.6. The topological polar surface area (TPSA) is 53.6 Å². The Morgan fingerprint density at radius 3 is 2.50 bits per heavy atom. The van der Waals surface area contributed by atoms with E-state index in [4.69, 9.17) is 4.74 Å². The minimum Gasteiger partial charge on any atom is -0.444 e. The molecule has 0 aromatic rings. The van der Waals surface area contributed by atoms with Crippen molar-refractivity contribution in [1.29, 1.82) is 0 Å². The Hall–Kier alpha value is -0.810. The predicted molar refractivity (Wildman–Crippen MR) is 89.0 cm³/mol. The molecule has 5 heteroatoms. The maximum absolute atomic E-state index is 11.8. The first-order valence-electron chi connectivity index (χ1n) is 8.82. The van der Waals surface area contributed by atoms with Crippen molar-refractivity contribution in [3.05, 3.63) is 0 Å². The molecule has 0 radical (unpaired) electrons. The second-order valence-corrected chi connectivity index (χ2v) is 7.78. The molecule has 0 saturated carbocycles. The van der Waals surface area contributed by atoms with E-state index < -0.39 is 5.60 Å². The van der Waals surface area contributed by atoms with Crippen LogP contribution in [0.1, 0.15) is 53.4 Å². The summed E-state index contributed by atoms with van der Waals surface area (Å²) in [6.07, 6.45) is 4.52. The van der Waals surface area contributed by atoms with Gasteiger partial charge in [0.2, 0.25) is 0 Å². The number of fused-ring (bicyclic) bond motifs is 3. The summed E-state index contributed by atoms with van der Waals surface area (Å²) in [5.74, 6) is 0.811. The van der Waals surface area contributed by atoms with Gasteiger partial charge in [-0.15, -0.1) is 0 Å². The number of hydrogen-bond acceptors (Lipinski definition) is 4. The van der Waals surface area contributed by atoms with Crippen LogP contribution in [-0.2, 0) is 4.74 Å². The number of hydrogen-bond donors (Lipinski definition) is 2. The van der Waals surface area contributed by atoms with Crippen molar-refractivity contribution in [2.45, 2.75) is 71.1 Å². The number of ether oxygens (including phenoxy) is 1. The molecule has 3 saturated heterocycles. The van der Waals surface area contributed by atoms with E-state index >= 15 is 0 Å². The Labute approximate surface area is 135 Å². The van der Waals surface area contributed by atoms with E-state index in [1.54, 1.807) is 0 Å². The number of alkyl carbamates (subject to hydrolysis) is 1. The molecule has 0 aromatic heterocycles. The lowest BCUT2D eigenvalue weighted by molar-refractivity contribution is 0.0500. The summed E-state index contributed by atoms with van der Waals surface area (Å²) in [6.45, 7) is 12.2. The fraction of sp³-hybridized carbons (Fsp3) is 0.941. The van der Waals surface area contributed by atoms with Crippen LogP contribution in [0, 0.1) is 5.92 Å². The van der Waals surface area contributed by atoms with Crippen LogP contribution < -0.4 is 10.6 Å². The molecule has 0 spiro atoms. The molecule has 2 N–H and O–H groups in total. The van der Waals surface area contributed by atoms with Crippen LogP contribution in [0.2, 0.25) is 0 Å². The van der Waals surface area contributed by atoms with E-state index in [-0.39, 0.29) is 6.09 Å². The van der Waals surface area contributed by atoms with Gasteiger partial charge in [0.25, 0.3) is 0 Å². The lowest BCUT2D eigenvalue weighted by Gasteiger charge is -2.46. The lowest BCUT2D eigenvalue weighted by atomic mass is 9.83. The van der Waals surface area contributed by atoms with Gasteiger partial charge in [-0.2, -0.15) is 0 Å². The summed E-state index contributed by atoms with van der Waals surface area (Å²) in [5, 5.41) is 6.72. The van der Waals surface area contributed by atoms with Crippen LogP contribution in [0.15, 0.2) is 0 Å². The number of rotatable bonds is 6. The smallest absolute Gasteiger partial charge is 0.407 e. The van der Waals surface area contributed by atoms with E-state index in [1.165, 1.54) is 25.9 Å². The zero-order valence-corrected chi connectivity index (χ0v) is 14.7. The van der Waals surface area contributed by atoms with Crippen molar-refractivity contribution in [2.24, 2.45) is 5.92 Å².